The molecule has 1 amide bonds. The van der Waals surface area contributed by atoms with Crippen LogP contribution in [0, 0.1) is 0 Å². The highest BCUT2D eigenvalue weighted by Gasteiger charge is 2.19. The number of nitrogens with zero attached hydrogens (tertiary/aromatic N) is 1. The smallest absolute Gasteiger partial charge is 0.252 e. The van der Waals surface area contributed by atoms with E-state index < -0.39 is 10.0 Å². The largest absolute Gasteiger partial charge is 0.350 e. The van der Waals surface area contributed by atoms with Crippen molar-refractivity contribution in [3.05, 3.63) is 46.3 Å². The molecule has 5 nitrogen and oxygen atoms in total. The Bertz CT molecular complexity index is 802. The number of amides is 1. The minimum atomic E-state index is -3.42. The normalized spacial score (nSPS) is 11.7. The van der Waals surface area contributed by atoms with Crippen molar-refractivity contribution in [1.29, 1.82) is 0 Å². The Morgan fingerprint density at radius 2 is 1.88 bits per heavy atom. The van der Waals surface area contributed by atoms with Gasteiger partial charge in [0.1, 0.15) is 4.21 Å². The summed E-state index contributed by atoms with van der Waals surface area (Å²) in [5.41, 5.74) is 0. The Hall–Kier alpha value is -1.06. The van der Waals surface area contributed by atoms with Crippen molar-refractivity contribution < 1.29 is 13.2 Å². The van der Waals surface area contributed by atoms with E-state index in [1.165, 1.54) is 30.2 Å². The first-order valence-corrected chi connectivity index (χ1v) is 10.6. The topological polar surface area (TPSA) is 66.5 Å². The summed E-state index contributed by atoms with van der Waals surface area (Å²) in [5, 5.41) is 3.45. The van der Waals surface area contributed by atoms with Gasteiger partial charge in [0, 0.05) is 28.9 Å². The number of thiophene rings is 1. The van der Waals surface area contributed by atoms with Crippen molar-refractivity contribution >= 4 is 50.6 Å². The van der Waals surface area contributed by atoms with Gasteiger partial charge in [-0.3, -0.25) is 4.79 Å². The zero-order valence-corrected chi connectivity index (χ0v) is 16.4. The summed E-state index contributed by atoms with van der Waals surface area (Å²) < 4.78 is 25.4. The van der Waals surface area contributed by atoms with Crippen molar-refractivity contribution in [3.63, 3.8) is 0 Å². The maximum atomic E-state index is 12.0. The summed E-state index contributed by atoms with van der Waals surface area (Å²) in [6.07, 6.45) is 0. The lowest BCUT2D eigenvalue weighted by atomic mass is 10.4. The predicted octanol–water partition coefficient (Wildman–Crippen LogP) is 3.06. The highest BCUT2D eigenvalue weighted by molar-refractivity contribution is 8.00. The SMILES string of the molecule is CN(C)S(=O)(=O)c1ccc(CNC(=O)CSc2ccc(Cl)cc2)s1. The molecule has 0 fully saturated rings. The van der Waals surface area contributed by atoms with Crippen LogP contribution in [0.2, 0.25) is 5.02 Å². The van der Waals surface area contributed by atoms with E-state index >= 15 is 0 Å². The molecule has 0 saturated heterocycles. The Morgan fingerprint density at radius 1 is 1.21 bits per heavy atom. The van der Waals surface area contributed by atoms with E-state index in [9.17, 15) is 13.2 Å². The second-order valence-corrected chi connectivity index (χ2v) is 10.1. The Morgan fingerprint density at radius 3 is 2.50 bits per heavy atom. The number of nitrogens with one attached hydrogen (secondary N) is 1. The maximum Gasteiger partial charge on any atom is 0.252 e. The number of thioether (sulfide) groups is 1. The second kappa shape index (κ2) is 8.35. The number of halogens is 1. The molecule has 0 aliphatic carbocycles. The van der Waals surface area contributed by atoms with Crippen LogP contribution in [0.4, 0.5) is 0 Å². The third-order valence-corrected chi connectivity index (χ3v) is 7.65. The minimum absolute atomic E-state index is 0.111. The third kappa shape index (κ3) is 5.22. The van der Waals surface area contributed by atoms with Gasteiger partial charge in [0.25, 0.3) is 10.0 Å². The third-order valence-electron chi connectivity index (χ3n) is 3.02. The van der Waals surface area contributed by atoms with Gasteiger partial charge in [-0.05, 0) is 36.4 Å². The van der Waals surface area contributed by atoms with Gasteiger partial charge < -0.3 is 5.32 Å². The molecule has 2 aromatic rings. The molecule has 1 aromatic heterocycles. The number of hydrogen-bond donors (Lipinski definition) is 1. The molecule has 1 N–H and O–H groups in total. The molecular formula is C15H17ClN2O3S3. The van der Waals surface area contributed by atoms with Gasteiger partial charge in [0.2, 0.25) is 5.91 Å². The number of carbonyl (C=O) groups excluding carboxylic acids is 1. The molecule has 1 heterocycles. The molecular weight excluding hydrogens is 388 g/mol. The van der Waals surface area contributed by atoms with Crippen molar-refractivity contribution in [2.75, 3.05) is 19.8 Å². The zero-order chi connectivity index (χ0) is 17.7. The molecule has 2 rings (SSSR count). The van der Waals surface area contributed by atoms with Crippen LogP contribution in [0.25, 0.3) is 0 Å². The quantitative estimate of drug-likeness (QED) is 0.720. The maximum absolute atomic E-state index is 12.0. The fourth-order valence-electron chi connectivity index (χ4n) is 1.69. The summed E-state index contributed by atoms with van der Waals surface area (Å²) in [5.74, 6) is 0.177. The molecule has 0 radical (unpaired) electrons. The molecule has 1 aromatic carbocycles. The summed E-state index contributed by atoms with van der Waals surface area (Å²) >= 11 is 8.39. The molecule has 0 bridgehead atoms. The van der Waals surface area contributed by atoms with Crippen LogP contribution in [-0.2, 0) is 21.4 Å². The lowest BCUT2D eigenvalue weighted by Crippen LogP contribution is -2.24. The van der Waals surface area contributed by atoms with E-state index in [-0.39, 0.29) is 15.9 Å². The Labute approximate surface area is 155 Å². The monoisotopic (exact) mass is 404 g/mol. The van der Waals surface area contributed by atoms with Crippen molar-refractivity contribution in [2.24, 2.45) is 0 Å². The average molecular weight is 405 g/mol. The van der Waals surface area contributed by atoms with Gasteiger partial charge in [-0.15, -0.1) is 23.1 Å². The van der Waals surface area contributed by atoms with E-state index in [4.69, 9.17) is 11.6 Å². The standard InChI is InChI=1S/C15H17ClN2O3S3/c1-18(2)24(20,21)15-8-7-13(23-15)9-17-14(19)10-22-12-5-3-11(16)4-6-12/h3-8H,9-10H2,1-2H3,(H,17,19). The summed E-state index contributed by atoms with van der Waals surface area (Å²) in [6.45, 7) is 0.313. The Kier molecular flexibility index (Phi) is 6.70. The fourth-order valence-corrected chi connectivity index (χ4v) is 5.01. The van der Waals surface area contributed by atoms with Crippen LogP contribution in [-0.4, -0.2) is 38.5 Å². The van der Waals surface area contributed by atoms with Gasteiger partial charge in [0.15, 0.2) is 0 Å². The molecule has 0 saturated carbocycles. The highest BCUT2D eigenvalue weighted by Crippen LogP contribution is 2.24. The molecule has 0 atom stereocenters. The van der Waals surface area contributed by atoms with Crippen LogP contribution in [0.3, 0.4) is 0 Å². The second-order valence-electron chi connectivity index (χ2n) is 5.03. The molecule has 0 unspecified atom stereocenters. The minimum Gasteiger partial charge on any atom is -0.350 e. The van der Waals surface area contributed by atoms with E-state index in [2.05, 4.69) is 5.32 Å². The van der Waals surface area contributed by atoms with Crippen molar-refractivity contribution in [2.45, 2.75) is 15.6 Å². The molecule has 130 valence electrons. The average Bonchev–Trinajstić information content (AvgIpc) is 3.02. The summed E-state index contributed by atoms with van der Waals surface area (Å²) in [6, 6.07) is 10.5. The van der Waals surface area contributed by atoms with E-state index in [0.717, 1.165) is 21.1 Å². The van der Waals surface area contributed by atoms with E-state index in [0.29, 0.717) is 11.6 Å². The van der Waals surface area contributed by atoms with E-state index in [1.807, 2.05) is 12.1 Å². The van der Waals surface area contributed by atoms with Gasteiger partial charge in [-0.1, -0.05) is 11.6 Å². The number of carbonyl (C=O) groups is 1. The van der Waals surface area contributed by atoms with Crippen LogP contribution in [0.15, 0.2) is 45.5 Å². The van der Waals surface area contributed by atoms with Gasteiger partial charge in [-0.2, -0.15) is 0 Å². The van der Waals surface area contributed by atoms with Gasteiger partial charge >= 0.3 is 0 Å². The summed E-state index contributed by atoms with van der Waals surface area (Å²) in [4.78, 5) is 13.6. The van der Waals surface area contributed by atoms with Gasteiger partial charge in [-0.25, -0.2) is 12.7 Å². The molecule has 24 heavy (non-hydrogen) atoms. The van der Waals surface area contributed by atoms with Gasteiger partial charge in [0.05, 0.1) is 12.3 Å². The number of rotatable bonds is 7. The van der Waals surface area contributed by atoms with Crippen LogP contribution >= 0.6 is 34.7 Å². The lowest BCUT2D eigenvalue weighted by Gasteiger charge is -2.08. The number of hydrogen-bond acceptors (Lipinski definition) is 5. The molecule has 0 aliphatic rings. The first kappa shape index (κ1) is 19.3. The molecule has 9 heteroatoms. The van der Waals surface area contributed by atoms with Crippen LogP contribution in [0.1, 0.15) is 4.88 Å². The Balaban J connectivity index is 1.84. The first-order valence-electron chi connectivity index (χ1n) is 6.95. The van der Waals surface area contributed by atoms with Crippen molar-refractivity contribution in [1.82, 2.24) is 9.62 Å². The first-order chi connectivity index (χ1) is 11.3. The summed E-state index contributed by atoms with van der Waals surface area (Å²) in [7, 11) is -0.439. The molecule has 0 aliphatic heterocycles. The predicted molar refractivity (Wildman–Crippen MR) is 99.2 cm³/mol. The van der Waals surface area contributed by atoms with Crippen LogP contribution in [0.5, 0.6) is 0 Å². The fraction of sp³-hybridized carbons (Fsp3) is 0.267. The number of sulfonamides is 1. The molecule has 0 spiro atoms. The highest BCUT2D eigenvalue weighted by atomic mass is 35.5. The van der Waals surface area contributed by atoms with Crippen molar-refractivity contribution in [3.8, 4) is 0 Å². The zero-order valence-electron chi connectivity index (χ0n) is 13.2. The lowest BCUT2D eigenvalue weighted by molar-refractivity contribution is -0.118. The van der Waals surface area contributed by atoms with E-state index in [1.54, 1.807) is 24.3 Å². The number of benzene rings is 1. The van der Waals surface area contributed by atoms with Crippen LogP contribution < -0.4 is 5.32 Å².